The summed E-state index contributed by atoms with van der Waals surface area (Å²) in [6.45, 7) is 4.83. The van der Waals surface area contributed by atoms with Gasteiger partial charge in [-0.1, -0.05) is 54.6 Å². The minimum Gasteiger partial charge on any atom is -0.399 e. The zero-order valence-electron chi connectivity index (χ0n) is 31.5. The number of amides is 1. The molecule has 1 aliphatic heterocycles. The van der Waals surface area contributed by atoms with Crippen LogP contribution in [0.15, 0.2) is 131 Å². The van der Waals surface area contributed by atoms with Gasteiger partial charge in [0.25, 0.3) is 21.6 Å². The molecule has 0 aromatic heterocycles. The number of hydrogen-bond acceptors (Lipinski definition) is 11. The number of hydrogen-bond donors (Lipinski definition) is 3. The Bertz CT molecular complexity index is 2210. The van der Waals surface area contributed by atoms with Crippen molar-refractivity contribution in [3.8, 4) is 11.1 Å². The number of nitrogen functional groups attached to an aromatic ring is 1. The second-order valence-corrected chi connectivity index (χ2v) is 16.8. The van der Waals surface area contributed by atoms with Crippen molar-refractivity contribution >= 4 is 50.4 Å². The SMILES string of the molecule is CN(C)CC[C@H](CSc1ccccc1)Nc1ccc(S(=O)(=O)NC(=O)c2ccc(N3CCN(Cc4ccccc4-c4ccc(N)cc4)CC3)cc2)cc1[N+](=O)[O-]. The van der Waals surface area contributed by atoms with E-state index in [1.807, 2.05) is 91.8 Å². The van der Waals surface area contributed by atoms with Gasteiger partial charge in [0.15, 0.2) is 0 Å². The molecule has 5 aromatic carbocycles. The fourth-order valence-corrected chi connectivity index (χ4v) is 8.55. The van der Waals surface area contributed by atoms with Crippen LogP contribution in [-0.2, 0) is 16.6 Å². The molecule has 56 heavy (non-hydrogen) atoms. The quantitative estimate of drug-likeness (QED) is 0.0418. The third-order valence-corrected chi connectivity index (χ3v) is 12.2. The molecule has 12 nitrogen and oxygen atoms in total. The van der Waals surface area contributed by atoms with Gasteiger partial charge in [-0.3, -0.25) is 19.8 Å². The van der Waals surface area contributed by atoms with Crippen LogP contribution in [0.4, 0.5) is 22.7 Å². The summed E-state index contributed by atoms with van der Waals surface area (Å²) in [6.07, 6.45) is 0.704. The van der Waals surface area contributed by atoms with Crippen molar-refractivity contribution < 1.29 is 18.1 Å². The van der Waals surface area contributed by atoms with Gasteiger partial charge in [0.1, 0.15) is 5.69 Å². The molecule has 4 N–H and O–H groups in total. The number of benzene rings is 5. The molecule has 14 heteroatoms. The Morgan fingerprint density at radius 3 is 2.25 bits per heavy atom. The van der Waals surface area contributed by atoms with E-state index >= 15 is 0 Å². The van der Waals surface area contributed by atoms with Crippen LogP contribution in [0.25, 0.3) is 11.1 Å². The highest BCUT2D eigenvalue weighted by Crippen LogP contribution is 2.31. The van der Waals surface area contributed by atoms with E-state index in [0.717, 1.165) is 67.2 Å². The highest BCUT2D eigenvalue weighted by molar-refractivity contribution is 7.99. The molecule has 1 saturated heterocycles. The molecule has 0 bridgehead atoms. The average Bonchev–Trinajstić information content (AvgIpc) is 3.20. The Labute approximate surface area is 332 Å². The zero-order chi connectivity index (χ0) is 39.7. The second kappa shape index (κ2) is 18.5. The number of nitro groups is 1. The first-order valence-corrected chi connectivity index (χ1v) is 20.9. The summed E-state index contributed by atoms with van der Waals surface area (Å²) in [7, 11) is -0.508. The molecular weight excluding hydrogens is 747 g/mol. The summed E-state index contributed by atoms with van der Waals surface area (Å²) in [5.41, 5.74) is 11.1. The highest BCUT2D eigenvalue weighted by Gasteiger charge is 2.26. The van der Waals surface area contributed by atoms with Crippen LogP contribution < -0.4 is 20.7 Å². The number of piperazine rings is 1. The van der Waals surface area contributed by atoms with Gasteiger partial charge in [-0.2, -0.15) is 0 Å². The highest BCUT2D eigenvalue weighted by atomic mass is 32.2. The summed E-state index contributed by atoms with van der Waals surface area (Å²) < 4.78 is 28.8. The Morgan fingerprint density at radius 2 is 1.57 bits per heavy atom. The Balaban J connectivity index is 1.06. The molecule has 0 aliphatic carbocycles. The van der Waals surface area contributed by atoms with E-state index in [1.54, 1.807) is 23.9 Å². The van der Waals surface area contributed by atoms with Gasteiger partial charge < -0.3 is 20.9 Å². The normalized spacial score (nSPS) is 14.0. The summed E-state index contributed by atoms with van der Waals surface area (Å²) in [4.78, 5) is 32.1. The van der Waals surface area contributed by atoms with E-state index in [1.165, 1.54) is 23.3 Å². The van der Waals surface area contributed by atoms with Crippen molar-refractivity contribution in [1.82, 2.24) is 14.5 Å². The number of carbonyl (C=O) groups excluding carboxylic acids is 1. The first-order valence-electron chi connectivity index (χ1n) is 18.4. The van der Waals surface area contributed by atoms with Gasteiger partial charge in [0, 0.05) is 72.4 Å². The third-order valence-electron chi connectivity index (χ3n) is 9.68. The summed E-state index contributed by atoms with van der Waals surface area (Å²) >= 11 is 1.63. The summed E-state index contributed by atoms with van der Waals surface area (Å²) in [5.74, 6) is -0.186. The molecule has 292 valence electrons. The number of anilines is 3. The second-order valence-electron chi connectivity index (χ2n) is 14.0. The molecule has 0 spiro atoms. The van der Waals surface area contributed by atoms with Gasteiger partial charge in [0.2, 0.25) is 0 Å². The molecular formula is C42H47N7O5S2. The third kappa shape index (κ3) is 10.7. The number of nitrogens with one attached hydrogen (secondary N) is 2. The van der Waals surface area contributed by atoms with Gasteiger partial charge >= 0.3 is 0 Å². The standard InChI is InChI=1S/C42H47N7O5S2/c1-46(2)23-22-35(30-55-37-9-4-3-5-10-37)44-40-21-20-38(28-41(40)49(51)52)56(53,54)45-42(50)32-14-18-36(19-15-32)48-26-24-47(25-27-48)29-33-8-6-7-11-39(33)31-12-16-34(43)17-13-31/h3-21,28,35,44H,22-27,29-30,43H2,1-2H3,(H,45,50)/t35-/m1/s1. The van der Waals surface area contributed by atoms with Crippen LogP contribution in [0.1, 0.15) is 22.3 Å². The van der Waals surface area contributed by atoms with Gasteiger partial charge in [-0.05, 0) is 104 Å². The number of nitrogens with zero attached hydrogens (tertiary/aromatic N) is 4. The molecule has 0 radical (unpaired) electrons. The predicted octanol–water partition coefficient (Wildman–Crippen LogP) is 6.81. The molecule has 0 unspecified atom stereocenters. The number of nitro benzene ring substituents is 1. The van der Waals surface area contributed by atoms with Crippen molar-refractivity contribution in [2.75, 3.05) is 68.5 Å². The van der Waals surface area contributed by atoms with Crippen LogP contribution in [0, 0.1) is 10.1 Å². The van der Waals surface area contributed by atoms with E-state index in [4.69, 9.17) is 5.73 Å². The van der Waals surface area contributed by atoms with E-state index < -0.39 is 26.5 Å². The van der Waals surface area contributed by atoms with E-state index in [2.05, 4.69) is 38.0 Å². The maximum atomic E-state index is 13.4. The van der Waals surface area contributed by atoms with E-state index in [9.17, 15) is 23.3 Å². The van der Waals surface area contributed by atoms with Gasteiger partial charge in [-0.15, -0.1) is 11.8 Å². The molecule has 1 heterocycles. The zero-order valence-corrected chi connectivity index (χ0v) is 33.1. The van der Waals surface area contributed by atoms with Crippen molar-refractivity contribution in [3.63, 3.8) is 0 Å². The van der Waals surface area contributed by atoms with Gasteiger partial charge in [-0.25, -0.2) is 13.1 Å². The lowest BCUT2D eigenvalue weighted by molar-refractivity contribution is -0.384. The van der Waals surface area contributed by atoms with Crippen molar-refractivity contribution in [2.45, 2.75) is 28.8 Å². The molecule has 0 saturated carbocycles. The minimum atomic E-state index is -4.43. The minimum absolute atomic E-state index is 0.140. The first kappa shape index (κ1) is 40.3. The number of rotatable bonds is 16. The fraction of sp³-hybridized carbons (Fsp3) is 0.262. The lowest BCUT2D eigenvalue weighted by Crippen LogP contribution is -2.46. The molecule has 1 amide bonds. The van der Waals surface area contributed by atoms with Crippen molar-refractivity contribution in [2.24, 2.45) is 0 Å². The Morgan fingerprint density at radius 1 is 0.893 bits per heavy atom. The largest absolute Gasteiger partial charge is 0.399 e. The number of nitrogens with two attached hydrogens (primary N) is 1. The topological polar surface area (TPSA) is 154 Å². The van der Waals surface area contributed by atoms with Crippen LogP contribution >= 0.6 is 11.8 Å². The van der Waals surface area contributed by atoms with E-state index in [0.29, 0.717) is 12.2 Å². The molecule has 5 aromatic rings. The van der Waals surface area contributed by atoms with Crippen LogP contribution in [0.2, 0.25) is 0 Å². The molecule has 1 aliphatic rings. The van der Waals surface area contributed by atoms with Crippen molar-refractivity contribution in [1.29, 1.82) is 0 Å². The molecule has 1 atom stereocenters. The van der Waals surface area contributed by atoms with Crippen LogP contribution in [0.5, 0.6) is 0 Å². The number of carbonyl (C=O) groups is 1. The van der Waals surface area contributed by atoms with Crippen molar-refractivity contribution in [3.05, 3.63) is 143 Å². The summed E-state index contributed by atoms with van der Waals surface area (Å²) in [6, 6.07) is 36.5. The van der Waals surface area contributed by atoms with Crippen LogP contribution in [-0.4, -0.2) is 87.7 Å². The fourth-order valence-electron chi connectivity index (χ4n) is 6.57. The maximum Gasteiger partial charge on any atom is 0.293 e. The summed E-state index contributed by atoms with van der Waals surface area (Å²) in [5, 5.41) is 15.4. The maximum absolute atomic E-state index is 13.4. The Hall–Kier alpha value is -5.41. The Kier molecular flexibility index (Phi) is 13.3. The smallest absolute Gasteiger partial charge is 0.293 e. The molecule has 1 fully saturated rings. The first-order chi connectivity index (χ1) is 26.9. The number of sulfonamides is 1. The van der Waals surface area contributed by atoms with Crippen LogP contribution in [0.3, 0.4) is 0 Å². The van der Waals surface area contributed by atoms with Gasteiger partial charge in [0.05, 0.1) is 9.82 Å². The average molecular weight is 794 g/mol. The van der Waals surface area contributed by atoms with E-state index in [-0.39, 0.29) is 22.2 Å². The lowest BCUT2D eigenvalue weighted by Gasteiger charge is -2.36. The lowest BCUT2D eigenvalue weighted by atomic mass is 9.99. The predicted molar refractivity (Wildman–Crippen MR) is 226 cm³/mol. The number of thioether (sulfide) groups is 1. The molecule has 6 rings (SSSR count). The monoisotopic (exact) mass is 793 g/mol.